The van der Waals surface area contributed by atoms with E-state index in [1.807, 2.05) is 0 Å². The Morgan fingerprint density at radius 3 is 2.58 bits per heavy atom. The molecule has 1 aliphatic rings. The van der Waals surface area contributed by atoms with Crippen LogP contribution in [0.5, 0.6) is 0 Å². The van der Waals surface area contributed by atoms with Crippen LogP contribution >= 0.6 is 0 Å². The Kier molecular flexibility index (Phi) is 4.65. The summed E-state index contributed by atoms with van der Waals surface area (Å²) >= 11 is 0. The number of nitrogens with one attached hydrogen (secondary N) is 1. The maximum atomic E-state index is 12.5. The summed E-state index contributed by atoms with van der Waals surface area (Å²) in [7, 11) is 2.85. The van der Waals surface area contributed by atoms with Crippen LogP contribution in [0.15, 0.2) is 33.7 Å². The van der Waals surface area contributed by atoms with Crippen molar-refractivity contribution < 1.29 is 28.3 Å². The lowest BCUT2D eigenvalue weighted by molar-refractivity contribution is -0.119. The molecule has 3 amide bonds. The minimum atomic E-state index is -0.909. The molecule has 31 heavy (non-hydrogen) atoms. The van der Waals surface area contributed by atoms with Crippen molar-refractivity contribution in [1.29, 1.82) is 0 Å². The molecule has 0 spiro atoms. The number of carbonyl (C=O) groups is 4. The summed E-state index contributed by atoms with van der Waals surface area (Å²) in [6, 6.07) is 4.28. The average molecular weight is 424 g/mol. The molecule has 0 saturated heterocycles. The molecule has 3 heterocycles. The number of hydrogen-bond acceptors (Lipinski definition) is 8. The van der Waals surface area contributed by atoms with Gasteiger partial charge in [-0.15, -0.1) is 0 Å². The predicted octanol–water partition coefficient (Wildman–Crippen LogP) is 0.856. The first-order valence-electron chi connectivity index (χ1n) is 9.07. The number of imide groups is 1. The number of ether oxygens (including phenoxy) is 1. The van der Waals surface area contributed by atoms with Gasteiger partial charge in [-0.25, -0.2) is 9.78 Å². The summed E-state index contributed by atoms with van der Waals surface area (Å²) in [4.78, 5) is 66.0. The number of hydrogen-bond donors (Lipinski definition) is 1. The van der Waals surface area contributed by atoms with E-state index in [0.717, 1.165) is 4.90 Å². The van der Waals surface area contributed by atoms with Crippen LogP contribution in [0.2, 0.25) is 0 Å². The maximum absolute atomic E-state index is 12.5. The number of aromatic nitrogens is 2. The highest BCUT2D eigenvalue weighted by molar-refractivity contribution is 6.21. The summed E-state index contributed by atoms with van der Waals surface area (Å²) < 4.78 is 11.6. The van der Waals surface area contributed by atoms with Crippen molar-refractivity contribution in [2.45, 2.75) is 6.92 Å². The fourth-order valence-electron chi connectivity index (χ4n) is 3.27. The SMILES string of the molecule is Cc1oc2ncn(C)c(=O)c2c1C(=O)OCC(=O)Nc1ccc2c(c1)C(=O)N(C)C2=O. The molecule has 158 valence electrons. The van der Waals surface area contributed by atoms with Gasteiger partial charge in [-0.2, -0.15) is 0 Å². The fraction of sp³-hybridized carbons (Fsp3) is 0.200. The zero-order valence-corrected chi connectivity index (χ0v) is 16.7. The van der Waals surface area contributed by atoms with E-state index in [-0.39, 0.29) is 39.2 Å². The number of furan rings is 1. The number of esters is 1. The molecule has 11 nitrogen and oxygen atoms in total. The second-order valence-electron chi connectivity index (χ2n) is 6.93. The summed E-state index contributed by atoms with van der Waals surface area (Å²) in [6.07, 6.45) is 1.27. The van der Waals surface area contributed by atoms with Crippen LogP contribution in [0.25, 0.3) is 11.1 Å². The van der Waals surface area contributed by atoms with Gasteiger partial charge in [0.15, 0.2) is 6.61 Å². The topological polar surface area (TPSA) is 141 Å². The van der Waals surface area contributed by atoms with E-state index in [0.29, 0.717) is 0 Å². The molecule has 0 bridgehead atoms. The van der Waals surface area contributed by atoms with Crippen LogP contribution in [-0.4, -0.2) is 51.8 Å². The van der Waals surface area contributed by atoms with Crippen LogP contribution < -0.4 is 10.9 Å². The Labute approximate surface area is 174 Å². The van der Waals surface area contributed by atoms with Crippen molar-refractivity contribution in [3.05, 3.63) is 57.3 Å². The highest BCUT2D eigenvalue weighted by Crippen LogP contribution is 2.25. The van der Waals surface area contributed by atoms with Crippen molar-refractivity contribution in [3.63, 3.8) is 0 Å². The molecule has 0 unspecified atom stereocenters. The van der Waals surface area contributed by atoms with E-state index < -0.39 is 35.9 Å². The standard InChI is InChI=1S/C20H16N4O7/c1-9-14(15-16(31-9)21-8-23(2)19(15)28)20(29)30-7-13(25)22-10-4-5-11-12(6-10)18(27)24(3)17(11)26/h4-6,8H,7H2,1-3H3,(H,22,25). The number of rotatable bonds is 4. The maximum Gasteiger partial charge on any atom is 0.343 e. The van der Waals surface area contributed by atoms with Gasteiger partial charge in [-0.3, -0.25) is 24.1 Å². The Bertz CT molecular complexity index is 1350. The Balaban J connectivity index is 1.48. The highest BCUT2D eigenvalue weighted by atomic mass is 16.5. The quantitative estimate of drug-likeness (QED) is 0.480. The van der Waals surface area contributed by atoms with Crippen molar-refractivity contribution in [2.75, 3.05) is 19.0 Å². The van der Waals surface area contributed by atoms with Crippen LogP contribution in [0.1, 0.15) is 36.8 Å². The number of fused-ring (bicyclic) bond motifs is 2. The first kappa shape index (κ1) is 20.0. The van der Waals surface area contributed by atoms with Crippen LogP contribution in [0, 0.1) is 6.92 Å². The third-order valence-electron chi connectivity index (χ3n) is 4.86. The Morgan fingerprint density at radius 2 is 1.84 bits per heavy atom. The monoisotopic (exact) mass is 424 g/mol. The van der Waals surface area contributed by atoms with Gasteiger partial charge in [-0.1, -0.05) is 0 Å². The fourth-order valence-corrected chi connectivity index (χ4v) is 3.27. The molecule has 1 aliphatic heterocycles. The van der Waals surface area contributed by atoms with Crippen LogP contribution in [0.4, 0.5) is 5.69 Å². The van der Waals surface area contributed by atoms with E-state index in [1.54, 1.807) is 0 Å². The summed E-state index contributed by atoms with van der Waals surface area (Å²) in [5, 5.41) is 2.47. The minimum Gasteiger partial charge on any atom is -0.452 e. The molecule has 0 aliphatic carbocycles. The predicted molar refractivity (Wildman–Crippen MR) is 106 cm³/mol. The molecule has 0 saturated carbocycles. The van der Waals surface area contributed by atoms with Gasteiger partial charge in [0, 0.05) is 19.8 Å². The average Bonchev–Trinajstić information content (AvgIpc) is 3.19. The molecule has 0 fully saturated rings. The van der Waals surface area contributed by atoms with Gasteiger partial charge in [-0.05, 0) is 25.1 Å². The lowest BCUT2D eigenvalue weighted by atomic mass is 10.1. The van der Waals surface area contributed by atoms with Gasteiger partial charge in [0.1, 0.15) is 23.0 Å². The molecule has 0 atom stereocenters. The van der Waals surface area contributed by atoms with Gasteiger partial charge >= 0.3 is 5.97 Å². The second kappa shape index (κ2) is 7.20. The van der Waals surface area contributed by atoms with E-state index in [4.69, 9.17) is 9.15 Å². The molecule has 1 aromatic carbocycles. The number of anilines is 1. The minimum absolute atomic E-state index is 0.000625. The molecule has 4 rings (SSSR count). The van der Waals surface area contributed by atoms with Crippen molar-refractivity contribution in [2.24, 2.45) is 7.05 Å². The molecule has 11 heteroatoms. The smallest absolute Gasteiger partial charge is 0.343 e. The van der Waals surface area contributed by atoms with Crippen LogP contribution in [-0.2, 0) is 16.6 Å². The first-order valence-corrected chi connectivity index (χ1v) is 9.07. The van der Waals surface area contributed by atoms with E-state index >= 15 is 0 Å². The highest BCUT2D eigenvalue weighted by Gasteiger charge is 2.33. The van der Waals surface area contributed by atoms with Gasteiger partial charge < -0.3 is 19.0 Å². The number of nitrogens with zero attached hydrogens (tertiary/aromatic N) is 3. The first-order chi connectivity index (χ1) is 14.7. The molecule has 0 radical (unpaired) electrons. The third kappa shape index (κ3) is 3.25. The lowest BCUT2D eigenvalue weighted by Gasteiger charge is -2.07. The molecule has 1 N–H and O–H groups in total. The van der Waals surface area contributed by atoms with Gasteiger partial charge in [0.25, 0.3) is 23.3 Å². The number of benzene rings is 1. The lowest BCUT2D eigenvalue weighted by Crippen LogP contribution is -2.24. The largest absolute Gasteiger partial charge is 0.452 e. The van der Waals surface area contributed by atoms with Gasteiger partial charge in [0.2, 0.25) is 5.71 Å². The Morgan fingerprint density at radius 1 is 1.13 bits per heavy atom. The Hall–Kier alpha value is -4.28. The molecule has 2 aromatic heterocycles. The van der Waals surface area contributed by atoms with Gasteiger partial charge in [0.05, 0.1) is 11.1 Å². The number of carbonyl (C=O) groups excluding carboxylic acids is 4. The van der Waals surface area contributed by atoms with Crippen molar-refractivity contribution in [3.8, 4) is 0 Å². The summed E-state index contributed by atoms with van der Waals surface area (Å²) in [6.45, 7) is 0.840. The van der Waals surface area contributed by atoms with Crippen molar-refractivity contribution >= 4 is 40.5 Å². The van der Waals surface area contributed by atoms with E-state index in [1.165, 1.54) is 50.1 Å². The molecular weight excluding hydrogens is 408 g/mol. The zero-order valence-electron chi connectivity index (χ0n) is 16.7. The number of amides is 3. The zero-order chi connectivity index (χ0) is 22.4. The molecular formula is C20H16N4O7. The van der Waals surface area contributed by atoms with Crippen molar-refractivity contribution in [1.82, 2.24) is 14.5 Å². The summed E-state index contributed by atoms with van der Waals surface area (Å²) in [5.74, 6) is -2.33. The van der Waals surface area contributed by atoms with Crippen LogP contribution in [0.3, 0.4) is 0 Å². The summed E-state index contributed by atoms with van der Waals surface area (Å²) in [5.41, 5.74) is 0.0981. The molecule has 3 aromatic rings. The number of aryl methyl sites for hydroxylation is 2. The second-order valence-corrected chi connectivity index (χ2v) is 6.93. The van der Waals surface area contributed by atoms with E-state index in [2.05, 4.69) is 10.3 Å². The third-order valence-corrected chi connectivity index (χ3v) is 4.86. The van der Waals surface area contributed by atoms with E-state index in [9.17, 15) is 24.0 Å². The normalized spacial score (nSPS) is 12.9.